The minimum absolute atomic E-state index is 0.640. The summed E-state index contributed by atoms with van der Waals surface area (Å²) in [6.07, 6.45) is 0. The van der Waals surface area contributed by atoms with Crippen LogP contribution in [-0.2, 0) is 10.8 Å². The first-order valence-corrected chi connectivity index (χ1v) is 6.33. The molecule has 0 saturated carbocycles. The average Bonchev–Trinajstić information content (AvgIpc) is 2.29. The summed E-state index contributed by atoms with van der Waals surface area (Å²) in [7, 11) is 0.673. The topological polar surface area (TPSA) is 38.3 Å². The van der Waals surface area contributed by atoms with Crippen LogP contribution in [0.4, 0.5) is 0 Å². The summed E-state index contributed by atoms with van der Waals surface area (Å²) in [5.41, 5.74) is 0. The standard InChI is InChI=1S/C11H17NO2S/c1-3-12-7-8-15(13)11-6-4-5-10(9-11)14-2/h4-6,9,12H,3,7-8H2,1-2H3. The third kappa shape index (κ3) is 4.01. The fourth-order valence-corrected chi connectivity index (χ4v) is 2.25. The molecule has 0 bridgehead atoms. The van der Waals surface area contributed by atoms with Gasteiger partial charge in [0.25, 0.3) is 0 Å². The molecular weight excluding hydrogens is 210 g/mol. The van der Waals surface area contributed by atoms with Gasteiger partial charge in [0.1, 0.15) is 5.75 Å². The number of rotatable bonds is 6. The van der Waals surface area contributed by atoms with Crippen molar-refractivity contribution in [2.75, 3.05) is 26.0 Å². The van der Waals surface area contributed by atoms with Gasteiger partial charge in [-0.1, -0.05) is 13.0 Å². The molecule has 1 aromatic carbocycles. The Labute approximate surface area is 93.3 Å². The Hall–Kier alpha value is -0.870. The van der Waals surface area contributed by atoms with E-state index in [9.17, 15) is 4.21 Å². The van der Waals surface area contributed by atoms with E-state index < -0.39 is 10.8 Å². The molecule has 0 aliphatic heterocycles. The Morgan fingerprint density at radius 1 is 1.47 bits per heavy atom. The fraction of sp³-hybridized carbons (Fsp3) is 0.455. The Balaban J connectivity index is 2.57. The highest BCUT2D eigenvalue weighted by atomic mass is 32.2. The minimum atomic E-state index is -0.939. The van der Waals surface area contributed by atoms with Crippen LogP contribution < -0.4 is 10.1 Å². The summed E-state index contributed by atoms with van der Waals surface area (Å²) < 4.78 is 16.9. The zero-order valence-electron chi connectivity index (χ0n) is 9.16. The van der Waals surface area contributed by atoms with E-state index in [4.69, 9.17) is 4.74 Å². The van der Waals surface area contributed by atoms with E-state index >= 15 is 0 Å². The van der Waals surface area contributed by atoms with Crippen molar-refractivity contribution in [2.24, 2.45) is 0 Å². The number of hydrogen-bond acceptors (Lipinski definition) is 3. The van der Waals surface area contributed by atoms with Gasteiger partial charge in [-0.25, -0.2) is 0 Å². The third-order valence-corrected chi connectivity index (χ3v) is 3.37. The quantitative estimate of drug-likeness (QED) is 0.747. The molecule has 0 spiro atoms. The molecule has 84 valence electrons. The number of nitrogens with one attached hydrogen (secondary N) is 1. The molecule has 0 aliphatic rings. The van der Waals surface area contributed by atoms with Crippen molar-refractivity contribution in [1.82, 2.24) is 5.32 Å². The maximum atomic E-state index is 11.8. The van der Waals surface area contributed by atoms with Crippen LogP contribution in [0.3, 0.4) is 0 Å². The number of hydrogen-bond donors (Lipinski definition) is 1. The summed E-state index contributed by atoms with van der Waals surface area (Å²) in [5, 5.41) is 3.15. The Kier molecular flexibility index (Phi) is 5.36. The van der Waals surface area contributed by atoms with E-state index in [2.05, 4.69) is 5.32 Å². The fourth-order valence-electron chi connectivity index (χ4n) is 1.20. The molecule has 1 aromatic rings. The van der Waals surface area contributed by atoms with Gasteiger partial charge in [-0.2, -0.15) is 0 Å². The van der Waals surface area contributed by atoms with Crippen LogP contribution in [-0.4, -0.2) is 30.2 Å². The van der Waals surface area contributed by atoms with Crippen LogP contribution in [0.2, 0.25) is 0 Å². The lowest BCUT2D eigenvalue weighted by molar-refractivity contribution is 0.413. The van der Waals surface area contributed by atoms with E-state index in [1.807, 2.05) is 31.2 Å². The van der Waals surface area contributed by atoms with E-state index in [-0.39, 0.29) is 0 Å². The first-order chi connectivity index (χ1) is 7.27. The average molecular weight is 227 g/mol. The van der Waals surface area contributed by atoms with Crippen molar-refractivity contribution in [3.8, 4) is 5.75 Å². The molecule has 1 unspecified atom stereocenters. The number of benzene rings is 1. The zero-order chi connectivity index (χ0) is 11.1. The molecule has 15 heavy (non-hydrogen) atoms. The van der Waals surface area contributed by atoms with Gasteiger partial charge in [-0.3, -0.25) is 4.21 Å². The van der Waals surface area contributed by atoms with Crippen LogP contribution in [0.5, 0.6) is 5.75 Å². The second-order valence-corrected chi connectivity index (χ2v) is 4.65. The molecule has 1 N–H and O–H groups in total. The van der Waals surface area contributed by atoms with Crippen LogP contribution in [0.25, 0.3) is 0 Å². The van der Waals surface area contributed by atoms with Gasteiger partial charge in [0.05, 0.1) is 17.9 Å². The minimum Gasteiger partial charge on any atom is -0.497 e. The maximum absolute atomic E-state index is 11.8. The predicted octanol–water partition coefficient (Wildman–Crippen LogP) is 1.41. The van der Waals surface area contributed by atoms with Crippen LogP contribution in [0.15, 0.2) is 29.2 Å². The largest absolute Gasteiger partial charge is 0.497 e. The molecule has 0 amide bonds. The summed E-state index contributed by atoms with van der Waals surface area (Å²) in [6, 6.07) is 7.40. The van der Waals surface area contributed by atoms with Crippen molar-refractivity contribution < 1.29 is 8.95 Å². The van der Waals surface area contributed by atoms with Crippen molar-refractivity contribution in [1.29, 1.82) is 0 Å². The molecule has 0 aliphatic carbocycles. The van der Waals surface area contributed by atoms with Gasteiger partial charge in [-0.15, -0.1) is 0 Å². The monoisotopic (exact) mass is 227 g/mol. The molecule has 0 aromatic heterocycles. The highest BCUT2D eigenvalue weighted by Gasteiger charge is 2.03. The Morgan fingerprint density at radius 2 is 2.27 bits per heavy atom. The lowest BCUT2D eigenvalue weighted by atomic mass is 10.3. The maximum Gasteiger partial charge on any atom is 0.120 e. The van der Waals surface area contributed by atoms with Crippen LogP contribution >= 0.6 is 0 Å². The van der Waals surface area contributed by atoms with Gasteiger partial charge in [0, 0.05) is 17.2 Å². The Bertz CT molecular complexity index is 328. The van der Waals surface area contributed by atoms with E-state index in [1.54, 1.807) is 7.11 Å². The third-order valence-electron chi connectivity index (χ3n) is 2.02. The molecule has 3 nitrogen and oxygen atoms in total. The lowest BCUT2D eigenvalue weighted by Crippen LogP contribution is -2.19. The second kappa shape index (κ2) is 6.58. The first-order valence-electron chi connectivity index (χ1n) is 5.01. The van der Waals surface area contributed by atoms with Crippen LogP contribution in [0.1, 0.15) is 6.92 Å². The zero-order valence-corrected chi connectivity index (χ0v) is 9.97. The van der Waals surface area contributed by atoms with Gasteiger partial charge >= 0.3 is 0 Å². The molecule has 1 atom stereocenters. The van der Waals surface area contributed by atoms with Crippen molar-refractivity contribution in [2.45, 2.75) is 11.8 Å². The van der Waals surface area contributed by atoms with Gasteiger partial charge in [-0.05, 0) is 24.7 Å². The summed E-state index contributed by atoms with van der Waals surface area (Å²) in [5.74, 6) is 1.39. The van der Waals surface area contributed by atoms with Gasteiger partial charge in [0.15, 0.2) is 0 Å². The SMILES string of the molecule is CCNCCS(=O)c1cccc(OC)c1. The van der Waals surface area contributed by atoms with Gasteiger partial charge < -0.3 is 10.1 Å². The molecule has 0 radical (unpaired) electrons. The van der Waals surface area contributed by atoms with E-state index in [1.165, 1.54) is 0 Å². The lowest BCUT2D eigenvalue weighted by Gasteiger charge is -2.05. The summed E-state index contributed by atoms with van der Waals surface area (Å²) >= 11 is 0. The molecule has 4 heteroatoms. The van der Waals surface area contributed by atoms with Crippen molar-refractivity contribution in [3.63, 3.8) is 0 Å². The summed E-state index contributed by atoms with van der Waals surface area (Å²) in [4.78, 5) is 0.826. The van der Waals surface area contributed by atoms with Gasteiger partial charge in [0.2, 0.25) is 0 Å². The summed E-state index contributed by atoms with van der Waals surface area (Å²) in [6.45, 7) is 3.73. The van der Waals surface area contributed by atoms with Crippen LogP contribution in [0, 0.1) is 0 Å². The Morgan fingerprint density at radius 3 is 2.93 bits per heavy atom. The van der Waals surface area contributed by atoms with E-state index in [0.29, 0.717) is 5.75 Å². The molecule has 0 fully saturated rings. The molecule has 0 heterocycles. The number of methoxy groups -OCH3 is 1. The smallest absolute Gasteiger partial charge is 0.120 e. The molecular formula is C11H17NO2S. The predicted molar refractivity (Wildman–Crippen MR) is 62.8 cm³/mol. The highest BCUT2D eigenvalue weighted by Crippen LogP contribution is 2.15. The number of ether oxygens (including phenoxy) is 1. The second-order valence-electron chi connectivity index (χ2n) is 3.08. The normalized spacial score (nSPS) is 12.4. The highest BCUT2D eigenvalue weighted by molar-refractivity contribution is 7.85. The molecule has 0 saturated heterocycles. The first kappa shape index (κ1) is 12.2. The van der Waals surface area contributed by atoms with Crippen molar-refractivity contribution >= 4 is 10.8 Å². The van der Waals surface area contributed by atoms with Crippen molar-refractivity contribution in [3.05, 3.63) is 24.3 Å². The van der Waals surface area contributed by atoms with E-state index in [0.717, 1.165) is 23.7 Å². The molecule has 1 rings (SSSR count).